The molecular formula is C20H28ClN7O2. The lowest BCUT2D eigenvalue weighted by molar-refractivity contribution is 0.00683. The number of hydrogen-bond acceptors (Lipinski definition) is 7. The van der Waals surface area contributed by atoms with Crippen molar-refractivity contribution in [1.82, 2.24) is 25.1 Å². The van der Waals surface area contributed by atoms with E-state index in [0.717, 1.165) is 31.4 Å². The number of anilines is 3. The van der Waals surface area contributed by atoms with Gasteiger partial charge in [-0.3, -0.25) is 5.10 Å². The van der Waals surface area contributed by atoms with E-state index in [9.17, 15) is 4.79 Å². The number of rotatable bonds is 4. The largest absolute Gasteiger partial charge is 0.444 e. The van der Waals surface area contributed by atoms with Gasteiger partial charge in [0.1, 0.15) is 17.2 Å². The molecule has 30 heavy (non-hydrogen) atoms. The molecule has 2 aliphatic rings. The average Bonchev–Trinajstić information content (AvgIpc) is 3.13. The van der Waals surface area contributed by atoms with E-state index in [1.54, 1.807) is 0 Å². The Labute approximate surface area is 180 Å². The third-order valence-electron chi connectivity index (χ3n) is 5.35. The van der Waals surface area contributed by atoms with Gasteiger partial charge in [-0.15, -0.1) is 0 Å². The van der Waals surface area contributed by atoms with Gasteiger partial charge in [0.25, 0.3) is 0 Å². The van der Waals surface area contributed by atoms with Gasteiger partial charge in [0.2, 0.25) is 5.28 Å². The van der Waals surface area contributed by atoms with Crippen LogP contribution in [0.2, 0.25) is 5.28 Å². The average molecular weight is 434 g/mol. The van der Waals surface area contributed by atoms with Gasteiger partial charge in [0.05, 0.1) is 0 Å². The molecule has 4 heterocycles. The monoisotopic (exact) mass is 433 g/mol. The maximum absolute atomic E-state index is 12.6. The molecule has 10 heteroatoms. The lowest BCUT2D eigenvalue weighted by Crippen LogP contribution is -2.51. The zero-order valence-electron chi connectivity index (χ0n) is 17.7. The van der Waals surface area contributed by atoms with Crippen LogP contribution in [0.3, 0.4) is 0 Å². The second-order valence-corrected chi connectivity index (χ2v) is 9.39. The summed E-state index contributed by atoms with van der Waals surface area (Å²) in [5.41, 5.74) is 0.461. The standard InChI is InChI=1S/C20H28ClN7O2/c1-11-7-17(27-26-11)23-16-10-15(24-18(21)25-16)22-12-8-13-5-6-14(9-12)28(13)19(29)30-20(2,3)4/h7,10,12-14H,5-6,8-9H2,1-4H3,(H3,22,23,24,25,26,27). The number of carbonyl (C=O) groups is 1. The van der Waals surface area contributed by atoms with Crippen LogP contribution in [-0.4, -0.2) is 54.9 Å². The van der Waals surface area contributed by atoms with Crippen molar-refractivity contribution in [2.24, 2.45) is 0 Å². The second-order valence-electron chi connectivity index (χ2n) is 9.05. The molecule has 4 rings (SSSR count). The first-order valence-electron chi connectivity index (χ1n) is 10.3. The van der Waals surface area contributed by atoms with Crippen LogP contribution in [0.15, 0.2) is 12.1 Å². The Bertz CT molecular complexity index is 912. The van der Waals surface area contributed by atoms with Crippen LogP contribution in [0.25, 0.3) is 0 Å². The van der Waals surface area contributed by atoms with Crippen LogP contribution >= 0.6 is 11.6 Å². The Balaban J connectivity index is 1.42. The Hall–Kier alpha value is -2.55. The Morgan fingerprint density at radius 2 is 1.83 bits per heavy atom. The quantitative estimate of drug-likeness (QED) is 0.618. The molecule has 2 saturated heterocycles. The molecule has 2 atom stereocenters. The molecule has 162 valence electrons. The maximum atomic E-state index is 12.6. The number of carbonyl (C=O) groups excluding carboxylic acids is 1. The van der Waals surface area contributed by atoms with Gasteiger partial charge >= 0.3 is 6.09 Å². The number of nitrogens with zero attached hydrogens (tertiary/aromatic N) is 4. The smallest absolute Gasteiger partial charge is 0.410 e. The molecule has 0 aliphatic carbocycles. The number of H-pyrrole nitrogens is 1. The van der Waals surface area contributed by atoms with Gasteiger partial charge in [0.15, 0.2) is 5.82 Å². The van der Waals surface area contributed by atoms with E-state index < -0.39 is 5.60 Å². The van der Waals surface area contributed by atoms with E-state index in [2.05, 4.69) is 30.8 Å². The molecule has 2 unspecified atom stereocenters. The van der Waals surface area contributed by atoms with Gasteiger partial charge in [-0.1, -0.05) is 0 Å². The van der Waals surface area contributed by atoms with Gasteiger partial charge in [-0.25, -0.2) is 14.8 Å². The van der Waals surface area contributed by atoms with Crippen LogP contribution in [0.5, 0.6) is 0 Å². The van der Waals surface area contributed by atoms with Crippen LogP contribution < -0.4 is 10.6 Å². The summed E-state index contributed by atoms with van der Waals surface area (Å²) in [5.74, 6) is 1.88. The number of halogens is 1. The summed E-state index contributed by atoms with van der Waals surface area (Å²) in [6.07, 6.45) is 3.48. The summed E-state index contributed by atoms with van der Waals surface area (Å²) in [5, 5.41) is 13.8. The second kappa shape index (κ2) is 7.94. The van der Waals surface area contributed by atoms with Crippen molar-refractivity contribution in [2.45, 2.75) is 77.1 Å². The zero-order chi connectivity index (χ0) is 21.5. The van der Waals surface area contributed by atoms with Crippen LogP contribution in [-0.2, 0) is 4.74 Å². The number of ether oxygens (including phenoxy) is 1. The fraction of sp³-hybridized carbons (Fsp3) is 0.600. The Kier molecular flexibility index (Phi) is 5.48. The molecule has 2 aliphatic heterocycles. The summed E-state index contributed by atoms with van der Waals surface area (Å²) < 4.78 is 5.61. The minimum atomic E-state index is -0.487. The highest BCUT2D eigenvalue weighted by Gasteiger charge is 2.44. The number of piperidine rings is 1. The van der Waals surface area contributed by atoms with Crippen molar-refractivity contribution in [3.05, 3.63) is 23.1 Å². The topological polar surface area (TPSA) is 108 Å². The number of aromatic nitrogens is 4. The Morgan fingerprint density at radius 1 is 1.17 bits per heavy atom. The predicted molar refractivity (Wildman–Crippen MR) is 115 cm³/mol. The lowest BCUT2D eigenvalue weighted by Gasteiger charge is -2.39. The van der Waals surface area contributed by atoms with Crippen molar-refractivity contribution in [3.63, 3.8) is 0 Å². The van der Waals surface area contributed by atoms with Gasteiger partial charge in [-0.2, -0.15) is 5.10 Å². The predicted octanol–water partition coefficient (Wildman–Crippen LogP) is 4.25. The van der Waals surface area contributed by atoms with E-state index in [4.69, 9.17) is 16.3 Å². The summed E-state index contributed by atoms with van der Waals surface area (Å²) in [6.45, 7) is 7.62. The highest BCUT2D eigenvalue weighted by atomic mass is 35.5. The van der Waals surface area contributed by atoms with Crippen molar-refractivity contribution >= 4 is 35.1 Å². The highest BCUT2D eigenvalue weighted by molar-refractivity contribution is 6.28. The highest BCUT2D eigenvalue weighted by Crippen LogP contribution is 2.38. The first-order chi connectivity index (χ1) is 14.2. The summed E-state index contributed by atoms with van der Waals surface area (Å²) in [6, 6.07) is 4.26. The molecule has 2 aromatic heterocycles. The number of amides is 1. The third kappa shape index (κ3) is 4.77. The minimum Gasteiger partial charge on any atom is -0.444 e. The molecule has 2 aromatic rings. The van der Waals surface area contributed by atoms with Crippen molar-refractivity contribution in [2.75, 3.05) is 10.6 Å². The normalized spacial score (nSPS) is 23.4. The number of aromatic amines is 1. The lowest BCUT2D eigenvalue weighted by atomic mass is 9.97. The molecule has 9 nitrogen and oxygen atoms in total. The van der Waals surface area contributed by atoms with E-state index in [1.165, 1.54) is 0 Å². The van der Waals surface area contributed by atoms with Crippen LogP contribution in [0.4, 0.5) is 22.2 Å². The fourth-order valence-electron chi connectivity index (χ4n) is 4.29. The number of aryl methyl sites for hydroxylation is 1. The molecule has 1 amide bonds. The number of hydrogen-bond donors (Lipinski definition) is 3. The summed E-state index contributed by atoms with van der Waals surface area (Å²) in [4.78, 5) is 23.1. The van der Waals surface area contributed by atoms with Gasteiger partial charge in [-0.05, 0) is 65.0 Å². The first kappa shape index (κ1) is 20.7. The van der Waals surface area contributed by atoms with E-state index >= 15 is 0 Å². The zero-order valence-corrected chi connectivity index (χ0v) is 18.5. The molecule has 0 saturated carbocycles. The van der Waals surface area contributed by atoms with Crippen molar-refractivity contribution < 1.29 is 9.53 Å². The van der Waals surface area contributed by atoms with Crippen molar-refractivity contribution in [3.8, 4) is 0 Å². The summed E-state index contributed by atoms with van der Waals surface area (Å²) >= 11 is 6.14. The van der Waals surface area contributed by atoms with Crippen LogP contribution in [0, 0.1) is 6.92 Å². The third-order valence-corrected chi connectivity index (χ3v) is 5.52. The summed E-state index contributed by atoms with van der Waals surface area (Å²) in [7, 11) is 0. The molecule has 3 N–H and O–H groups in total. The van der Waals surface area contributed by atoms with Crippen molar-refractivity contribution in [1.29, 1.82) is 0 Å². The maximum Gasteiger partial charge on any atom is 0.410 e. The van der Waals surface area contributed by atoms with E-state index in [0.29, 0.717) is 17.5 Å². The number of nitrogens with one attached hydrogen (secondary N) is 3. The molecule has 0 aromatic carbocycles. The molecule has 2 bridgehead atoms. The first-order valence-corrected chi connectivity index (χ1v) is 10.7. The number of fused-ring (bicyclic) bond motifs is 2. The molecule has 0 spiro atoms. The molecular weight excluding hydrogens is 406 g/mol. The molecule has 0 radical (unpaired) electrons. The van der Waals surface area contributed by atoms with Crippen LogP contribution in [0.1, 0.15) is 52.1 Å². The van der Waals surface area contributed by atoms with E-state index in [1.807, 2.05) is 44.7 Å². The van der Waals surface area contributed by atoms with Gasteiger partial charge in [0, 0.05) is 36.0 Å². The SMILES string of the molecule is Cc1cc(Nc2cc(NC3CC4CCC(C3)N4C(=O)OC(C)(C)C)nc(Cl)n2)n[nH]1. The Morgan fingerprint density at radius 3 is 2.43 bits per heavy atom. The minimum absolute atomic E-state index is 0.156. The van der Waals surface area contributed by atoms with Gasteiger partial charge < -0.3 is 20.3 Å². The molecule has 2 fully saturated rings. The fourth-order valence-corrected chi connectivity index (χ4v) is 4.47. The van der Waals surface area contributed by atoms with E-state index in [-0.39, 0.29) is 29.5 Å².